The number of aliphatic hydroxyl groups excluding tert-OH is 1. The average Bonchev–Trinajstić information content (AvgIpc) is 2.69. The SMILES string of the molecule is Cc1c(CC(=O)NCC(C)O)c2c(n1CC(C)C)CC(C)(C)CC2=O. The van der Waals surface area contributed by atoms with Crippen LogP contribution in [0.4, 0.5) is 0 Å². The molecule has 1 aromatic heterocycles. The molecule has 0 bridgehead atoms. The van der Waals surface area contributed by atoms with Crippen molar-refractivity contribution in [3.05, 3.63) is 22.5 Å². The number of aliphatic hydroxyl groups is 1. The van der Waals surface area contributed by atoms with Crippen LogP contribution in [-0.4, -0.2) is 34.0 Å². The fourth-order valence-corrected chi connectivity index (χ4v) is 3.72. The third kappa shape index (κ3) is 4.51. The summed E-state index contributed by atoms with van der Waals surface area (Å²) in [6.07, 6.45) is 0.995. The van der Waals surface area contributed by atoms with Crippen molar-refractivity contribution in [2.75, 3.05) is 6.54 Å². The van der Waals surface area contributed by atoms with Crippen molar-refractivity contribution in [1.82, 2.24) is 9.88 Å². The van der Waals surface area contributed by atoms with E-state index in [4.69, 9.17) is 0 Å². The summed E-state index contributed by atoms with van der Waals surface area (Å²) >= 11 is 0. The van der Waals surface area contributed by atoms with Crippen molar-refractivity contribution in [2.45, 2.75) is 73.5 Å². The molecule has 2 rings (SSSR count). The molecule has 1 heterocycles. The highest BCUT2D eigenvalue weighted by Gasteiger charge is 2.37. The van der Waals surface area contributed by atoms with Gasteiger partial charge in [0.1, 0.15) is 0 Å². The van der Waals surface area contributed by atoms with Crippen LogP contribution in [-0.2, 0) is 24.2 Å². The van der Waals surface area contributed by atoms with Crippen LogP contribution in [0.15, 0.2) is 0 Å². The first-order valence-corrected chi connectivity index (χ1v) is 9.20. The lowest BCUT2D eigenvalue weighted by Gasteiger charge is -2.30. The van der Waals surface area contributed by atoms with Crippen LogP contribution in [0.5, 0.6) is 0 Å². The quantitative estimate of drug-likeness (QED) is 0.830. The summed E-state index contributed by atoms with van der Waals surface area (Å²) in [6, 6.07) is 0. The standard InChI is InChI=1S/C20H32N2O3/c1-12(2)11-22-14(4)15(7-18(25)21-10-13(3)23)19-16(22)8-20(5,6)9-17(19)24/h12-13,23H,7-11H2,1-6H3,(H,21,25). The van der Waals surface area contributed by atoms with Crippen molar-refractivity contribution in [3.63, 3.8) is 0 Å². The number of ketones is 1. The van der Waals surface area contributed by atoms with Crippen molar-refractivity contribution >= 4 is 11.7 Å². The first kappa shape index (κ1) is 19.7. The van der Waals surface area contributed by atoms with E-state index in [2.05, 4.69) is 37.6 Å². The minimum absolute atomic E-state index is 0.0462. The van der Waals surface area contributed by atoms with E-state index in [0.29, 0.717) is 12.3 Å². The monoisotopic (exact) mass is 348 g/mol. The predicted molar refractivity (Wildman–Crippen MR) is 98.8 cm³/mol. The van der Waals surface area contributed by atoms with E-state index in [1.54, 1.807) is 6.92 Å². The number of hydrogen-bond donors (Lipinski definition) is 2. The number of nitrogens with zero attached hydrogens (tertiary/aromatic N) is 1. The number of rotatable bonds is 6. The number of carbonyl (C=O) groups is 2. The maximum Gasteiger partial charge on any atom is 0.224 e. The minimum atomic E-state index is -0.577. The van der Waals surface area contributed by atoms with E-state index in [1.807, 2.05) is 6.92 Å². The number of carbonyl (C=O) groups excluding carboxylic acids is 2. The normalized spacial score (nSPS) is 17.5. The molecule has 0 fully saturated rings. The highest BCUT2D eigenvalue weighted by atomic mass is 16.3. The predicted octanol–water partition coefficient (Wildman–Crippen LogP) is 2.65. The zero-order valence-electron chi connectivity index (χ0n) is 16.4. The largest absolute Gasteiger partial charge is 0.392 e. The molecule has 1 aliphatic rings. The molecule has 1 amide bonds. The zero-order valence-corrected chi connectivity index (χ0v) is 16.4. The van der Waals surface area contributed by atoms with Crippen molar-refractivity contribution in [3.8, 4) is 0 Å². The lowest BCUT2D eigenvalue weighted by molar-refractivity contribution is -0.120. The second-order valence-corrected chi connectivity index (χ2v) is 8.66. The van der Waals surface area contributed by atoms with Gasteiger partial charge in [-0.2, -0.15) is 0 Å². The molecule has 1 unspecified atom stereocenters. The van der Waals surface area contributed by atoms with Gasteiger partial charge in [0, 0.05) is 36.5 Å². The third-order valence-corrected chi connectivity index (χ3v) is 4.80. The zero-order chi connectivity index (χ0) is 18.9. The number of amides is 1. The number of fused-ring (bicyclic) bond motifs is 1. The minimum Gasteiger partial charge on any atom is -0.392 e. The van der Waals surface area contributed by atoms with Crippen LogP contribution in [0.1, 0.15) is 68.3 Å². The lowest BCUT2D eigenvalue weighted by atomic mass is 9.75. The van der Waals surface area contributed by atoms with Gasteiger partial charge in [-0.25, -0.2) is 0 Å². The maximum absolute atomic E-state index is 12.8. The first-order valence-electron chi connectivity index (χ1n) is 9.20. The van der Waals surface area contributed by atoms with Gasteiger partial charge in [-0.1, -0.05) is 27.7 Å². The van der Waals surface area contributed by atoms with Crippen LogP contribution in [0.2, 0.25) is 0 Å². The molecule has 0 radical (unpaired) electrons. The van der Waals surface area contributed by atoms with Gasteiger partial charge in [0.25, 0.3) is 0 Å². The van der Waals surface area contributed by atoms with Crippen LogP contribution in [0.3, 0.4) is 0 Å². The van der Waals surface area contributed by atoms with E-state index < -0.39 is 6.10 Å². The van der Waals surface area contributed by atoms with Crippen LogP contribution < -0.4 is 5.32 Å². The number of nitrogens with one attached hydrogen (secondary N) is 1. The molecule has 0 saturated heterocycles. The van der Waals surface area contributed by atoms with Gasteiger partial charge in [-0.15, -0.1) is 0 Å². The Morgan fingerprint density at radius 2 is 1.92 bits per heavy atom. The molecule has 1 atom stereocenters. The summed E-state index contributed by atoms with van der Waals surface area (Å²) in [7, 11) is 0. The second kappa shape index (κ2) is 7.32. The molecule has 0 saturated carbocycles. The van der Waals surface area contributed by atoms with E-state index >= 15 is 0 Å². The van der Waals surface area contributed by atoms with Crippen LogP contribution >= 0.6 is 0 Å². The summed E-state index contributed by atoms with van der Waals surface area (Å²) in [4.78, 5) is 25.1. The van der Waals surface area contributed by atoms with Gasteiger partial charge < -0.3 is 15.0 Å². The van der Waals surface area contributed by atoms with Crippen molar-refractivity contribution in [1.29, 1.82) is 0 Å². The Balaban J connectivity index is 2.42. The fraction of sp³-hybridized carbons (Fsp3) is 0.700. The molecule has 0 aliphatic heterocycles. The highest BCUT2D eigenvalue weighted by Crippen LogP contribution is 2.39. The maximum atomic E-state index is 12.8. The molecule has 2 N–H and O–H groups in total. The molecular formula is C20H32N2O3. The van der Waals surface area contributed by atoms with Gasteiger partial charge in [0.15, 0.2) is 5.78 Å². The molecule has 1 aliphatic carbocycles. The summed E-state index contributed by atoms with van der Waals surface area (Å²) in [5.74, 6) is 0.466. The molecule has 0 aromatic carbocycles. The molecule has 140 valence electrons. The second-order valence-electron chi connectivity index (χ2n) is 8.66. The van der Waals surface area contributed by atoms with E-state index in [9.17, 15) is 14.7 Å². The summed E-state index contributed by atoms with van der Waals surface area (Å²) in [6.45, 7) is 13.3. The number of hydrogen-bond acceptors (Lipinski definition) is 3. The molecule has 1 aromatic rings. The molecule has 5 nitrogen and oxygen atoms in total. The van der Waals surface area contributed by atoms with Gasteiger partial charge >= 0.3 is 0 Å². The van der Waals surface area contributed by atoms with Crippen LogP contribution in [0.25, 0.3) is 0 Å². The first-order chi connectivity index (χ1) is 11.5. The van der Waals surface area contributed by atoms with Gasteiger partial charge in [-0.05, 0) is 37.2 Å². The Hall–Kier alpha value is -1.62. The van der Waals surface area contributed by atoms with Gasteiger partial charge in [0.2, 0.25) is 5.91 Å². The Bertz CT molecular complexity index is 669. The average molecular weight is 348 g/mol. The summed E-state index contributed by atoms with van der Waals surface area (Å²) in [5.41, 5.74) is 3.70. The topological polar surface area (TPSA) is 71.3 Å². The smallest absolute Gasteiger partial charge is 0.224 e. The van der Waals surface area contributed by atoms with Crippen molar-refractivity contribution in [2.24, 2.45) is 11.3 Å². The summed E-state index contributed by atoms with van der Waals surface area (Å²) < 4.78 is 2.25. The van der Waals surface area contributed by atoms with Gasteiger partial charge in [-0.3, -0.25) is 9.59 Å². The van der Waals surface area contributed by atoms with E-state index in [0.717, 1.165) is 35.5 Å². The van der Waals surface area contributed by atoms with E-state index in [1.165, 1.54) is 0 Å². The Morgan fingerprint density at radius 1 is 1.28 bits per heavy atom. The third-order valence-electron chi connectivity index (χ3n) is 4.80. The molecule has 0 spiro atoms. The van der Waals surface area contributed by atoms with Crippen LogP contribution in [0, 0.1) is 18.3 Å². The van der Waals surface area contributed by atoms with Gasteiger partial charge in [0.05, 0.1) is 12.5 Å². The Morgan fingerprint density at radius 3 is 2.48 bits per heavy atom. The molecule has 5 heteroatoms. The lowest BCUT2D eigenvalue weighted by Crippen LogP contribution is -2.32. The fourth-order valence-electron chi connectivity index (χ4n) is 3.72. The molecular weight excluding hydrogens is 316 g/mol. The van der Waals surface area contributed by atoms with Crippen molar-refractivity contribution < 1.29 is 14.7 Å². The molecule has 25 heavy (non-hydrogen) atoms. The highest BCUT2D eigenvalue weighted by molar-refractivity contribution is 6.01. The summed E-state index contributed by atoms with van der Waals surface area (Å²) in [5, 5.41) is 12.1. The number of aromatic nitrogens is 1. The Kier molecular flexibility index (Phi) is 5.77. The number of Topliss-reactive ketones (excluding diaryl/α,β-unsaturated/α-hetero) is 1. The Labute approximate surface area is 150 Å². The van der Waals surface area contributed by atoms with E-state index in [-0.39, 0.29) is 30.1 Å².